The maximum atomic E-state index is 11.9. The lowest BCUT2D eigenvalue weighted by molar-refractivity contribution is 0.0920. The van der Waals surface area contributed by atoms with Crippen LogP contribution in [0.5, 0.6) is 5.75 Å². The predicted octanol–water partition coefficient (Wildman–Crippen LogP) is 4.57. The molecule has 1 aromatic heterocycles. The largest absolute Gasteiger partial charge is 0.483 e. The predicted molar refractivity (Wildman–Crippen MR) is 84.8 cm³/mol. The van der Waals surface area contributed by atoms with E-state index in [1.807, 2.05) is 29.9 Å². The third kappa shape index (κ3) is 3.70. The maximum absolute atomic E-state index is 11.9. The molecule has 0 bridgehead atoms. The SMILES string of the molecule is Cn1ccc(C(=O)COc2c(Br)cc(Br)cc2Br)c1. The Bertz CT molecular complexity index is 599. The lowest BCUT2D eigenvalue weighted by Crippen LogP contribution is -2.11. The van der Waals surface area contributed by atoms with Crippen molar-refractivity contribution in [1.29, 1.82) is 0 Å². The van der Waals surface area contributed by atoms with E-state index in [1.54, 1.807) is 12.3 Å². The van der Waals surface area contributed by atoms with Crippen LogP contribution in [0.3, 0.4) is 0 Å². The van der Waals surface area contributed by atoms with Crippen LogP contribution in [0.25, 0.3) is 0 Å². The van der Waals surface area contributed by atoms with Crippen molar-refractivity contribution in [2.45, 2.75) is 0 Å². The lowest BCUT2D eigenvalue weighted by atomic mass is 10.2. The standard InChI is InChI=1S/C13H10Br3NO2/c1-17-3-2-8(6-17)12(18)7-19-13-10(15)4-9(14)5-11(13)16/h2-6H,7H2,1H3. The van der Waals surface area contributed by atoms with Gasteiger partial charge in [-0.3, -0.25) is 4.79 Å². The minimum atomic E-state index is -0.0534. The van der Waals surface area contributed by atoms with E-state index in [0.717, 1.165) is 13.4 Å². The fourth-order valence-electron chi connectivity index (χ4n) is 1.56. The smallest absolute Gasteiger partial charge is 0.201 e. The summed E-state index contributed by atoms with van der Waals surface area (Å²) in [6.45, 7) is 0.00282. The highest BCUT2D eigenvalue weighted by atomic mass is 79.9. The fourth-order valence-corrected chi connectivity index (χ4v) is 4.04. The molecule has 1 aromatic carbocycles. The van der Waals surface area contributed by atoms with Crippen LogP contribution in [0.15, 0.2) is 44.0 Å². The normalized spacial score (nSPS) is 10.5. The van der Waals surface area contributed by atoms with Gasteiger partial charge in [0.15, 0.2) is 6.61 Å². The number of carbonyl (C=O) groups excluding carboxylic acids is 1. The molecule has 0 saturated carbocycles. The summed E-state index contributed by atoms with van der Waals surface area (Å²) in [7, 11) is 1.87. The Kier molecular flexibility index (Phi) is 4.86. The lowest BCUT2D eigenvalue weighted by Gasteiger charge is -2.09. The summed E-state index contributed by atoms with van der Waals surface area (Å²) >= 11 is 10.2. The summed E-state index contributed by atoms with van der Waals surface area (Å²) in [6, 6.07) is 5.51. The molecule has 2 rings (SSSR count). The van der Waals surface area contributed by atoms with E-state index in [4.69, 9.17) is 4.74 Å². The number of aryl methyl sites for hydroxylation is 1. The van der Waals surface area contributed by atoms with E-state index in [0.29, 0.717) is 11.3 Å². The van der Waals surface area contributed by atoms with Gasteiger partial charge in [0.05, 0.1) is 8.95 Å². The molecule has 0 saturated heterocycles. The van der Waals surface area contributed by atoms with Gasteiger partial charge in [0.1, 0.15) is 5.75 Å². The molecule has 0 radical (unpaired) electrons. The molecule has 0 atom stereocenters. The van der Waals surface area contributed by atoms with Crippen molar-refractivity contribution in [2.24, 2.45) is 7.05 Å². The molecule has 0 aliphatic rings. The van der Waals surface area contributed by atoms with Crippen molar-refractivity contribution in [3.63, 3.8) is 0 Å². The van der Waals surface area contributed by atoms with Crippen LogP contribution in [-0.4, -0.2) is 17.0 Å². The van der Waals surface area contributed by atoms with Gasteiger partial charge in [-0.25, -0.2) is 0 Å². The van der Waals surface area contributed by atoms with Crippen molar-refractivity contribution in [2.75, 3.05) is 6.61 Å². The van der Waals surface area contributed by atoms with Gasteiger partial charge in [0.2, 0.25) is 5.78 Å². The Hall–Kier alpha value is -0.590. The molecule has 1 heterocycles. The van der Waals surface area contributed by atoms with Gasteiger partial charge in [0, 0.05) is 29.5 Å². The molecule has 0 fully saturated rings. The third-order valence-corrected chi connectivity index (χ3v) is 4.10. The molecular weight excluding hydrogens is 442 g/mol. The molecule has 0 unspecified atom stereocenters. The number of hydrogen-bond donors (Lipinski definition) is 0. The third-order valence-electron chi connectivity index (χ3n) is 2.46. The van der Waals surface area contributed by atoms with Crippen LogP contribution in [0.4, 0.5) is 0 Å². The van der Waals surface area contributed by atoms with Crippen molar-refractivity contribution in [1.82, 2.24) is 4.57 Å². The van der Waals surface area contributed by atoms with Gasteiger partial charge in [-0.05, 0) is 50.1 Å². The summed E-state index contributed by atoms with van der Waals surface area (Å²) < 4.78 is 9.90. The van der Waals surface area contributed by atoms with Gasteiger partial charge >= 0.3 is 0 Å². The Labute approximate surface area is 136 Å². The topological polar surface area (TPSA) is 31.2 Å². The van der Waals surface area contributed by atoms with Crippen LogP contribution in [0.1, 0.15) is 10.4 Å². The van der Waals surface area contributed by atoms with Gasteiger partial charge in [-0.2, -0.15) is 0 Å². The number of carbonyl (C=O) groups is 1. The van der Waals surface area contributed by atoms with Crippen LogP contribution in [0, 0.1) is 0 Å². The number of benzene rings is 1. The molecule has 19 heavy (non-hydrogen) atoms. The zero-order valence-electron chi connectivity index (χ0n) is 9.99. The van der Waals surface area contributed by atoms with Gasteiger partial charge < -0.3 is 9.30 Å². The molecule has 0 N–H and O–H groups in total. The van der Waals surface area contributed by atoms with Crippen LogP contribution < -0.4 is 4.74 Å². The zero-order valence-corrected chi connectivity index (χ0v) is 14.7. The molecule has 0 amide bonds. The summed E-state index contributed by atoms with van der Waals surface area (Å²) in [5.74, 6) is 0.565. The summed E-state index contributed by atoms with van der Waals surface area (Å²) in [4.78, 5) is 11.9. The van der Waals surface area contributed by atoms with Crippen molar-refractivity contribution in [3.05, 3.63) is 49.6 Å². The highest BCUT2D eigenvalue weighted by molar-refractivity contribution is 9.11. The van der Waals surface area contributed by atoms with Crippen molar-refractivity contribution < 1.29 is 9.53 Å². The van der Waals surface area contributed by atoms with E-state index in [1.165, 1.54) is 0 Å². The second-order valence-electron chi connectivity index (χ2n) is 3.98. The number of rotatable bonds is 4. The van der Waals surface area contributed by atoms with E-state index < -0.39 is 0 Å². The number of halogens is 3. The number of aromatic nitrogens is 1. The van der Waals surface area contributed by atoms with Crippen LogP contribution in [-0.2, 0) is 7.05 Å². The van der Waals surface area contributed by atoms with Gasteiger partial charge in [0.25, 0.3) is 0 Å². The highest BCUT2D eigenvalue weighted by Crippen LogP contribution is 2.36. The van der Waals surface area contributed by atoms with Crippen LogP contribution in [0.2, 0.25) is 0 Å². The first-order valence-corrected chi connectivity index (χ1v) is 7.78. The van der Waals surface area contributed by atoms with Crippen LogP contribution >= 0.6 is 47.8 Å². The second-order valence-corrected chi connectivity index (χ2v) is 6.60. The van der Waals surface area contributed by atoms with E-state index >= 15 is 0 Å². The average molecular weight is 452 g/mol. The molecule has 100 valence electrons. The first-order chi connectivity index (χ1) is 8.97. The monoisotopic (exact) mass is 449 g/mol. The molecule has 0 aliphatic carbocycles. The van der Waals surface area contributed by atoms with E-state index in [2.05, 4.69) is 47.8 Å². The van der Waals surface area contributed by atoms with Crippen molar-refractivity contribution >= 4 is 53.6 Å². The Morgan fingerprint density at radius 3 is 2.42 bits per heavy atom. The summed E-state index contributed by atoms with van der Waals surface area (Å²) in [5.41, 5.74) is 0.645. The fraction of sp³-hybridized carbons (Fsp3) is 0.154. The Morgan fingerprint density at radius 2 is 1.89 bits per heavy atom. The zero-order chi connectivity index (χ0) is 14.0. The van der Waals surface area contributed by atoms with Gasteiger partial charge in [-0.1, -0.05) is 15.9 Å². The number of ether oxygens (including phenoxy) is 1. The minimum Gasteiger partial charge on any atom is -0.483 e. The molecule has 6 heteroatoms. The maximum Gasteiger partial charge on any atom is 0.201 e. The minimum absolute atomic E-state index is 0.00282. The Balaban J connectivity index is 2.09. The highest BCUT2D eigenvalue weighted by Gasteiger charge is 2.12. The number of Topliss-reactive ketones (excluding diaryl/α,β-unsaturated/α-hetero) is 1. The number of nitrogens with zero attached hydrogens (tertiary/aromatic N) is 1. The van der Waals surface area contributed by atoms with Crippen molar-refractivity contribution in [3.8, 4) is 5.75 Å². The summed E-state index contributed by atoms with van der Waals surface area (Å²) in [6.07, 6.45) is 3.61. The van der Waals surface area contributed by atoms with E-state index in [-0.39, 0.29) is 12.4 Å². The van der Waals surface area contributed by atoms with Gasteiger partial charge in [-0.15, -0.1) is 0 Å². The number of ketones is 1. The average Bonchev–Trinajstić information content (AvgIpc) is 2.74. The molecule has 2 aromatic rings. The molecule has 0 aliphatic heterocycles. The second kappa shape index (κ2) is 6.24. The molecular formula is C13H10Br3NO2. The van der Waals surface area contributed by atoms with E-state index in [9.17, 15) is 4.79 Å². The first kappa shape index (κ1) is 14.8. The Morgan fingerprint density at radius 1 is 1.26 bits per heavy atom. The molecule has 0 spiro atoms. The quantitative estimate of drug-likeness (QED) is 0.637. The summed E-state index contributed by atoms with van der Waals surface area (Å²) in [5, 5.41) is 0. The first-order valence-electron chi connectivity index (χ1n) is 5.40. The number of hydrogen-bond acceptors (Lipinski definition) is 2. The molecule has 3 nitrogen and oxygen atoms in total.